The fourth-order valence-corrected chi connectivity index (χ4v) is 3.99. The Bertz CT molecular complexity index is 935. The van der Waals surface area contributed by atoms with Crippen molar-refractivity contribution in [1.82, 2.24) is 0 Å². The van der Waals surface area contributed by atoms with Gasteiger partial charge in [0.2, 0.25) is 0 Å². The van der Waals surface area contributed by atoms with Crippen molar-refractivity contribution in [3.05, 3.63) is 71.8 Å². The highest BCUT2D eigenvalue weighted by Gasteiger charge is 2.52. The molecule has 0 aliphatic heterocycles. The van der Waals surface area contributed by atoms with Crippen molar-refractivity contribution in [3.63, 3.8) is 0 Å². The van der Waals surface area contributed by atoms with Crippen LogP contribution in [-0.2, 0) is 51.3 Å². The summed E-state index contributed by atoms with van der Waals surface area (Å²) in [4.78, 5) is 52.1. The Morgan fingerprint density at radius 1 is 0.622 bits per heavy atom. The van der Waals surface area contributed by atoms with Gasteiger partial charge in [-0.05, 0) is 37.8 Å². The molecule has 0 heterocycles. The molecule has 2 atom stereocenters. The van der Waals surface area contributed by atoms with Crippen molar-refractivity contribution in [3.8, 4) is 0 Å². The number of rotatable bonds is 14. The van der Waals surface area contributed by atoms with Crippen molar-refractivity contribution >= 4 is 23.9 Å². The van der Waals surface area contributed by atoms with Gasteiger partial charge in [-0.15, -0.1) is 0 Å². The van der Waals surface area contributed by atoms with Crippen LogP contribution in [0.5, 0.6) is 0 Å². The maximum atomic E-state index is 13.2. The van der Waals surface area contributed by atoms with E-state index in [0.29, 0.717) is 0 Å². The van der Waals surface area contributed by atoms with Gasteiger partial charge in [-0.3, -0.25) is 19.2 Å². The van der Waals surface area contributed by atoms with E-state index >= 15 is 0 Å². The summed E-state index contributed by atoms with van der Waals surface area (Å²) in [7, 11) is 0. The molecule has 0 saturated carbocycles. The lowest BCUT2D eigenvalue weighted by atomic mass is 9.73. The maximum Gasteiger partial charge on any atom is 0.323 e. The summed E-state index contributed by atoms with van der Waals surface area (Å²) in [5.74, 6) is -4.57. The number of carbonyl (C=O) groups is 4. The predicted octanol–water partition coefficient (Wildman–Crippen LogP) is 4.64. The Balaban J connectivity index is 2.21. The molecule has 2 aromatic carbocycles. The average molecular weight is 513 g/mol. The first-order valence-corrected chi connectivity index (χ1v) is 12.5. The van der Waals surface area contributed by atoms with Crippen LogP contribution in [0.25, 0.3) is 0 Å². The first-order chi connectivity index (χ1) is 17.7. The van der Waals surface area contributed by atoms with Crippen LogP contribution < -0.4 is 0 Å². The lowest BCUT2D eigenvalue weighted by Gasteiger charge is -2.32. The summed E-state index contributed by atoms with van der Waals surface area (Å²) in [6.45, 7) is 6.50. The minimum Gasteiger partial charge on any atom is -0.465 e. The van der Waals surface area contributed by atoms with Crippen molar-refractivity contribution < 1.29 is 38.1 Å². The van der Waals surface area contributed by atoms with Gasteiger partial charge in [0, 0.05) is 0 Å². The molecule has 8 heteroatoms. The van der Waals surface area contributed by atoms with Gasteiger partial charge in [0.15, 0.2) is 5.41 Å². The molecule has 0 bridgehead atoms. The molecule has 2 rings (SSSR count). The van der Waals surface area contributed by atoms with Gasteiger partial charge in [0.05, 0.1) is 25.0 Å². The normalized spacial score (nSPS) is 12.6. The highest BCUT2D eigenvalue weighted by molar-refractivity contribution is 6.01. The van der Waals surface area contributed by atoms with Crippen LogP contribution in [0.15, 0.2) is 60.7 Å². The molecule has 0 aromatic heterocycles. The molecule has 0 amide bonds. The minimum atomic E-state index is -1.89. The summed E-state index contributed by atoms with van der Waals surface area (Å²) in [6, 6.07) is 18.3. The Morgan fingerprint density at radius 2 is 0.973 bits per heavy atom. The molecule has 0 radical (unpaired) electrons. The Labute approximate surface area is 218 Å². The molecular formula is C29H36O8. The number of benzene rings is 2. The minimum absolute atomic E-state index is 0.0135. The Kier molecular flexibility index (Phi) is 11.8. The molecule has 37 heavy (non-hydrogen) atoms. The fraction of sp³-hybridized carbons (Fsp3) is 0.448. The van der Waals surface area contributed by atoms with E-state index in [0.717, 1.165) is 11.1 Å². The molecule has 0 fully saturated rings. The van der Waals surface area contributed by atoms with Gasteiger partial charge < -0.3 is 18.9 Å². The zero-order chi connectivity index (χ0) is 27.3. The smallest absolute Gasteiger partial charge is 0.323 e. The lowest BCUT2D eigenvalue weighted by Crippen LogP contribution is -2.46. The molecule has 0 spiro atoms. The average Bonchev–Trinajstić information content (AvgIpc) is 2.91. The maximum absolute atomic E-state index is 13.2. The van der Waals surface area contributed by atoms with E-state index in [4.69, 9.17) is 18.9 Å². The molecule has 2 aromatic rings. The highest BCUT2D eigenvalue weighted by Crippen LogP contribution is 2.38. The molecule has 2 unspecified atom stereocenters. The quantitative estimate of drug-likeness (QED) is 0.205. The van der Waals surface area contributed by atoms with E-state index in [2.05, 4.69) is 0 Å². The standard InChI is InChI=1S/C29H36O8/c1-5-34-27(32)29(28(33)35-6-2,17-21(3)25(30)36-19-23-13-9-7-10-14-23)18-22(4)26(31)37-20-24-15-11-8-12-16-24/h7-16,21-22H,5-6,17-20H2,1-4H3. The summed E-state index contributed by atoms with van der Waals surface area (Å²) in [5.41, 5.74) is -0.276. The lowest BCUT2D eigenvalue weighted by molar-refractivity contribution is -0.177. The van der Waals surface area contributed by atoms with E-state index in [-0.39, 0.29) is 39.3 Å². The van der Waals surface area contributed by atoms with Crippen molar-refractivity contribution in [1.29, 1.82) is 0 Å². The predicted molar refractivity (Wildman–Crippen MR) is 136 cm³/mol. The molecule has 0 saturated heterocycles. The Hall–Kier alpha value is -3.68. The van der Waals surface area contributed by atoms with E-state index in [1.165, 1.54) is 0 Å². The van der Waals surface area contributed by atoms with Crippen LogP contribution in [0.3, 0.4) is 0 Å². The van der Waals surface area contributed by atoms with Gasteiger partial charge in [-0.2, -0.15) is 0 Å². The number of carbonyl (C=O) groups excluding carboxylic acids is 4. The summed E-state index contributed by atoms with van der Waals surface area (Å²) in [5, 5.41) is 0. The van der Waals surface area contributed by atoms with Crippen LogP contribution >= 0.6 is 0 Å². The highest BCUT2D eigenvalue weighted by atomic mass is 16.6. The molecule has 0 N–H and O–H groups in total. The summed E-state index contributed by atoms with van der Waals surface area (Å²) >= 11 is 0. The van der Waals surface area contributed by atoms with Crippen LogP contribution in [0.4, 0.5) is 0 Å². The first-order valence-electron chi connectivity index (χ1n) is 12.5. The SMILES string of the molecule is CCOC(=O)C(CC(C)C(=O)OCc1ccccc1)(CC(C)C(=O)OCc1ccccc1)C(=O)OCC. The van der Waals surface area contributed by atoms with Crippen molar-refractivity contribution in [2.24, 2.45) is 17.3 Å². The summed E-state index contributed by atoms with van der Waals surface area (Å²) < 4.78 is 21.3. The second-order valence-electron chi connectivity index (χ2n) is 8.92. The van der Waals surface area contributed by atoms with Crippen molar-refractivity contribution in [2.75, 3.05) is 13.2 Å². The zero-order valence-corrected chi connectivity index (χ0v) is 21.9. The van der Waals surface area contributed by atoms with E-state index in [1.54, 1.807) is 27.7 Å². The van der Waals surface area contributed by atoms with Crippen LogP contribution in [-0.4, -0.2) is 37.1 Å². The Morgan fingerprint density at radius 3 is 1.30 bits per heavy atom. The molecule has 0 aliphatic carbocycles. The topological polar surface area (TPSA) is 105 Å². The molecule has 0 aliphatic rings. The second-order valence-corrected chi connectivity index (χ2v) is 8.92. The van der Waals surface area contributed by atoms with Crippen LogP contribution in [0, 0.1) is 17.3 Å². The monoisotopic (exact) mass is 512 g/mol. The number of ether oxygens (including phenoxy) is 4. The largest absolute Gasteiger partial charge is 0.465 e. The van der Waals surface area contributed by atoms with E-state index in [1.807, 2.05) is 60.7 Å². The number of hydrogen-bond donors (Lipinski definition) is 0. The summed E-state index contributed by atoms with van der Waals surface area (Å²) in [6.07, 6.45) is -0.483. The van der Waals surface area contributed by atoms with E-state index < -0.39 is 41.1 Å². The van der Waals surface area contributed by atoms with Gasteiger partial charge in [0.25, 0.3) is 0 Å². The number of hydrogen-bond acceptors (Lipinski definition) is 8. The molecular weight excluding hydrogens is 476 g/mol. The van der Waals surface area contributed by atoms with Gasteiger partial charge in [-0.1, -0.05) is 74.5 Å². The second kappa shape index (κ2) is 14.8. The fourth-order valence-electron chi connectivity index (χ4n) is 3.99. The zero-order valence-electron chi connectivity index (χ0n) is 21.9. The third-order valence-electron chi connectivity index (χ3n) is 5.89. The van der Waals surface area contributed by atoms with Gasteiger partial charge in [-0.25, -0.2) is 0 Å². The van der Waals surface area contributed by atoms with Gasteiger partial charge >= 0.3 is 23.9 Å². The van der Waals surface area contributed by atoms with Crippen LogP contribution in [0.2, 0.25) is 0 Å². The van der Waals surface area contributed by atoms with Crippen LogP contribution in [0.1, 0.15) is 51.7 Å². The molecule has 200 valence electrons. The first kappa shape index (κ1) is 29.5. The molecule has 8 nitrogen and oxygen atoms in total. The third kappa shape index (κ3) is 8.74. The van der Waals surface area contributed by atoms with Crippen molar-refractivity contribution in [2.45, 2.75) is 53.8 Å². The van der Waals surface area contributed by atoms with E-state index in [9.17, 15) is 19.2 Å². The number of esters is 4. The third-order valence-corrected chi connectivity index (χ3v) is 5.89. The van der Waals surface area contributed by atoms with Gasteiger partial charge in [0.1, 0.15) is 13.2 Å².